The van der Waals surface area contributed by atoms with E-state index in [0.717, 1.165) is 28.4 Å². The first-order valence-electron chi connectivity index (χ1n) is 26.0. The molecule has 15 rings (SSSR count). The molecule has 0 bridgehead atoms. The van der Waals surface area contributed by atoms with E-state index in [2.05, 4.69) is 289 Å². The number of fused-ring (bicyclic) bond motifs is 4. The Kier molecular flexibility index (Phi) is 9.99. The van der Waals surface area contributed by atoms with Crippen molar-refractivity contribution in [3.05, 3.63) is 285 Å². The van der Waals surface area contributed by atoms with Gasteiger partial charge >= 0.3 is 0 Å². The first-order chi connectivity index (χ1) is 37.2. The van der Waals surface area contributed by atoms with Crippen LogP contribution in [0.1, 0.15) is 5.56 Å². The van der Waals surface area contributed by atoms with Crippen molar-refractivity contribution in [1.29, 1.82) is 0 Å². The highest BCUT2D eigenvalue weighted by Crippen LogP contribution is 2.48. The Morgan fingerprint density at radius 1 is 0.227 bits per heavy atom. The summed E-state index contributed by atoms with van der Waals surface area (Å²) in [5, 5.41) is 19.9. The predicted molar refractivity (Wildman–Crippen MR) is 322 cm³/mol. The summed E-state index contributed by atoms with van der Waals surface area (Å²) < 4.78 is 0. The van der Waals surface area contributed by atoms with Crippen LogP contribution in [-0.2, 0) is 6.54 Å². The van der Waals surface area contributed by atoms with E-state index in [1.165, 1.54) is 114 Å². The summed E-state index contributed by atoms with van der Waals surface area (Å²) in [5.74, 6) is 0. The molecule has 15 aromatic carbocycles. The van der Waals surface area contributed by atoms with E-state index in [9.17, 15) is 0 Å². The number of anilines is 5. The average Bonchev–Trinajstić information content (AvgIpc) is 3.54. The lowest BCUT2D eigenvalue weighted by Crippen LogP contribution is -2.16. The van der Waals surface area contributed by atoms with Crippen molar-refractivity contribution in [2.24, 2.45) is 0 Å². The van der Waals surface area contributed by atoms with E-state index in [-0.39, 0.29) is 0 Å². The maximum absolute atomic E-state index is 2.52. The van der Waals surface area contributed by atoms with Gasteiger partial charge in [0.2, 0.25) is 0 Å². The summed E-state index contributed by atoms with van der Waals surface area (Å²) in [6.07, 6.45) is 0. The van der Waals surface area contributed by atoms with Gasteiger partial charge in [-0.05, 0) is 163 Å². The van der Waals surface area contributed by atoms with Gasteiger partial charge in [-0.25, -0.2) is 0 Å². The molecule has 15 aromatic rings. The Labute approximate surface area is 435 Å². The van der Waals surface area contributed by atoms with Crippen LogP contribution in [0, 0.1) is 0 Å². The van der Waals surface area contributed by atoms with Gasteiger partial charge in [-0.1, -0.05) is 224 Å². The molecule has 0 aliphatic rings. The highest BCUT2D eigenvalue weighted by Gasteiger charge is 2.23. The lowest BCUT2D eigenvalue weighted by Gasteiger charge is -2.28. The van der Waals surface area contributed by atoms with Crippen LogP contribution in [0.5, 0.6) is 0 Å². The Morgan fingerprint density at radius 3 is 1.25 bits per heavy atom. The third-order valence-electron chi connectivity index (χ3n) is 15.8. The van der Waals surface area contributed by atoms with E-state index in [0.29, 0.717) is 6.54 Å². The second kappa shape index (κ2) is 17.5. The monoisotopic (exact) mass is 952 g/mol. The maximum Gasteiger partial charge on any atom is 0.0540 e. The molecule has 0 aliphatic carbocycles. The minimum atomic E-state index is 0.698. The summed E-state index contributed by atoms with van der Waals surface area (Å²) in [5.41, 5.74) is 11.7. The van der Waals surface area contributed by atoms with E-state index < -0.39 is 0 Å². The largest absolute Gasteiger partial charge is 0.337 e. The minimum Gasteiger partial charge on any atom is -0.337 e. The molecule has 2 nitrogen and oxygen atoms in total. The average molecular weight is 953 g/mol. The molecule has 0 N–H and O–H groups in total. The zero-order valence-corrected chi connectivity index (χ0v) is 41.2. The fourth-order valence-corrected chi connectivity index (χ4v) is 12.3. The Bertz CT molecular complexity index is 4640. The van der Waals surface area contributed by atoms with Crippen molar-refractivity contribution in [1.82, 2.24) is 0 Å². The molecule has 0 unspecified atom stereocenters. The molecular weight excluding hydrogens is 905 g/mol. The second-order valence-corrected chi connectivity index (χ2v) is 20.0. The third kappa shape index (κ3) is 7.17. The van der Waals surface area contributed by atoms with Gasteiger partial charge in [0, 0.05) is 34.7 Å². The van der Waals surface area contributed by atoms with E-state index in [1.807, 2.05) is 0 Å². The topological polar surface area (TPSA) is 6.48 Å². The second-order valence-electron chi connectivity index (χ2n) is 20.0. The standard InChI is InChI=1S/C73H48N2/c1-3-15-48(16-4-1)50-35-39-59(40-36-50)74(47-58-25-11-21-52-19-7-9-26-63(52)58)61-43-56-33-31-54-24-13-29-66-68-46-62(44-57-34-32-55-23-12-28-65(70(55)73(57)68)67(45-61)72(56)71(54)66)75(69-30-14-22-53-20-8-10-27-64(53)69)60-41-37-51(38-42-60)49-17-5-2-6-18-49/h1-46H,47H2. The molecule has 2 heteroatoms. The summed E-state index contributed by atoms with van der Waals surface area (Å²) in [4.78, 5) is 5.00. The molecule has 75 heavy (non-hydrogen) atoms. The Hall–Kier alpha value is -9.76. The lowest BCUT2D eigenvalue weighted by atomic mass is 9.87. The van der Waals surface area contributed by atoms with Crippen LogP contribution in [0.15, 0.2) is 279 Å². The number of benzene rings is 14. The normalized spacial score (nSPS) is 11.8. The van der Waals surface area contributed by atoms with Gasteiger partial charge in [0.1, 0.15) is 0 Å². The Balaban J connectivity index is 1.000. The van der Waals surface area contributed by atoms with Crippen molar-refractivity contribution in [2.75, 3.05) is 9.80 Å². The van der Waals surface area contributed by atoms with Crippen LogP contribution in [0.4, 0.5) is 28.4 Å². The van der Waals surface area contributed by atoms with Gasteiger partial charge in [-0.15, -0.1) is 0 Å². The number of hydrogen-bond donors (Lipinski definition) is 0. The highest BCUT2D eigenvalue weighted by atomic mass is 15.1. The first kappa shape index (κ1) is 42.9. The fourth-order valence-electron chi connectivity index (χ4n) is 12.3. The van der Waals surface area contributed by atoms with Crippen molar-refractivity contribution in [2.45, 2.75) is 6.54 Å². The van der Waals surface area contributed by atoms with Crippen molar-refractivity contribution in [3.63, 3.8) is 0 Å². The number of hydrogen-bond acceptors (Lipinski definition) is 2. The van der Waals surface area contributed by atoms with E-state index >= 15 is 0 Å². The first-order valence-corrected chi connectivity index (χ1v) is 26.0. The molecule has 0 heterocycles. The molecule has 0 radical (unpaired) electrons. The molecule has 0 spiro atoms. The molecule has 0 fully saturated rings. The number of nitrogens with zero attached hydrogens (tertiary/aromatic N) is 2. The van der Waals surface area contributed by atoms with E-state index in [4.69, 9.17) is 0 Å². The summed E-state index contributed by atoms with van der Waals surface area (Å²) in [7, 11) is 0. The van der Waals surface area contributed by atoms with Crippen LogP contribution in [0.2, 0.25) is 0 Å². The van der Waals surface area contributed by atoms with E-state index in [1.54, 1.807) is 0 Å². The fraction of sp³-hybridized carbons (Fsp3) is 0.0137. The molecular formula is C73H48N2. The molecule has 0 saturated carbocycles. The summed E-state index contributed by atoms with van der Waals surface area (Å²) in [6.45, 7) is 0.698. The third-order valence-corrected chi connectivity index (χ3v) is 15.8. The smallest absolute Gasteiger partial charge is 0.0540 e. The highest BCUT2D eigenvalue weighted by molar-refractivity contribution is 6.37. The van der Waals surface area contributed by atoms with Gasteiger partial charge in [-0.3, -0.25) is 0 Å². The number of rotatable bonds is 9. The molecule has 350 valence electrons. The zero-order chi connectivity index (χ0) is 49.4. The van der Waals surface area contributed by atoms with Crippen LogP contribution in [-0.4, -0.2) is 0 Å². The minimum absolute atomic E-state index is 0.698. The Morgan fingerprint density at radius 2 is 0.640 bits per heavy atom. The maximum atomic E-state index is 2.52. The van der Waals surface area contributed by atoms with Gasteiger partial charge in [-0.2, -0.15) is 0 Å². The van der Waals surface area contributed by atoms with Gasteiger partial charge in [0.15, 0.2) is 0 Å². The van der Waals surface area contributed by atoms with Crippen molar-refractivity contribution in [3.8, 4) is 22.3 Å². The molecule has 0 aliphatic heterocycles. The molecule has 0 atom stereocenters. The molecule has 0 aromatic heterocycles. The van der Waals surface area contributed by atoms with Gasteiger partial charge < -0.3 is 9.80 Å². The molecule has 0 amide bonds. The van der Waals surface area contributed by atoms with Crippen LogP contribution >= 0.6 is 0 Å². The van der Waals surface area contributed by atoms with Gasteiger partial charge in [0.25, 0.3) is 0 Å². The molecule has 0 saturated heterocycles. The summed E-state index contributed by atoms with van der Waals surface area (Å²) in [6, 6.07) is 104. The zero-order valence-electron chi connectivity index (χ0n) is 41.2. The lowest BCUT2D eigenvalue weighted by molar-refractivity contribution is 0.987. The van der Waals surface area contributed by atoms with Crippen LogP contribution in [0.3, 0.4) is 0 Å². The SMILES string of the molecule is c1ccc(-c2ccc(N(Cc3cccc4ccccc34)c3cc4ccc5cccc6c7cc(N(c8ccc(-c9ccccc9)cc8)c8cccc9ccccc89)cc8ccc9cccc(c(c3)c4c56)c9c87)cc2)cc1. The van der Waals surface area contributed by atoms with Crippen LogP contribution in [0.25, 0.3) is 108 Å². The predicted octanol–water partition coefficient (Wildman–Crippen LogP) is 20.5. The van der Waals surface area contributed by atoms with Crippen molar-refractivity contribution >= 4 is 115 Å². The van der Waals surface area contributed by atoms with Gasteiger partial charge in [0.05, 0.1) is 5.69 Å². The van der Waals surface area contributed by atoms with Crippen LogP contribution < -0.4 is 9.80 Å². The van der Waals surface area contributed by atoms with Crippen molar-refractivity contribution < 1.29 is 0 Å². The summed E-state index contributed by atoms with van der Waals surface area (Å²) >= 11 is 0. The quantitative estimate of drug-likeness (QED) is 0.133.